The molecule has 1 fully saturated rings. The fourth-order valence-electron chi connectivity index (χ4n) is 2.88. The predicted molar refractivity (Wildman–Crippen MR) is 89.7 cm³/mol. The Kier molecular flexibility index (Phi) is 5.51. The second-order valence-corrected chi connectivity index (χ2v) is 6.44. The molecule has 0 N–H and O–H groups in total. The van der Waals surface area contributed by atoms with E-state index in [0.717, 1.165) is 17.8 Å². The van der Waals surface area contributed by atoms with E-state index in [1.165, 1.54) is 37.7 Å². The molecular formula is C20H26O. The molecule has 0 aromatic carbocycles. The van der Waals surface area contributed by atoms with Crippen LogP contribution in [0.1, 0.15) is 52.4 Å². The molecule has 2 aliphatic carbocycles. The van der Waals surface area contributed by atoms with E-state index in [1.54, 1.807) is 7.11 Å². The van der Waals surface area contributed by atoms with Gasteiger partial charge in [0.15, 0.2) is 0 Å². The van der Waals surface area contributed by atoms with Crippen LogP contribution in [0, 0.1) is 17.3 Å². The summed E-state index contributed by atoms with van der Waals surface area (Å²) in [6.07, 6.45) is 17.7. The predicted octanol–water partition coefficient (Wildman–Crippen LogP) is 5.32. The van der Waals surface area contributed by atoms with Gasteiger partial charge in [0.25, 0.3) is 0 Å². The molecule has 1 heteroatoms. The highest BCUT2D eigenvalue weighted by atomic mass is 16.5. The second kappa shape index (κ2) is 7.36. The first-order valence-corrected chi connectivity index (χ1v) is 7.94. The quantitative estimate of drug-likeness (QED) is 0.467. The van der Waals surface area contributed by atoms with Crippen molar-refractivity contribution in [1.29, 1.82) is 0 Å². The average Bonchev–Trinajstić information content (AvgIpc) is 2.78. The van der Waals surface area contributed by atoms with E-state index >= 15 is 0 Å². The molecule has 0 aromatic rings. The Hall–Kier alpha value is -1.68. The maximum atomic E-state index is 5.27. The van der Waals surface area contributed by atoms with Gasteiger partial charge in [-0.2, -0.15) is 0 Å². The summed E-state index contributed by atoms with van der Waals surface area (Å²) in [7, 11) is 1.71. The van der Waals surface area contributed by atoms with Crippen LogP contribution in [0.25, 0.3) is 0 Å². The summed E-state index contributed by atoms with van der Waals surface area (Å²) in [6.45, 7) is 4.71. The molecule has 0 aliphatic heterocycles. The Morgan fingerprint density at radius 2 is 2.10 bits per heavy atom. The third-order valence-corrected chi connectivity index (χ3v) is 4.42. The molecule has 0 bridgehead atoms. The zero-order valence-corrected chi connectivity index (χ0v) is 13.5. The van der Waals surface area contributed by atoms with Gasteiger partial charge in [-0.05, 0) is 42.9 Å². The van der Waals surface area contributed by atoms with Gasteiger partial charge in [-0.3, -0.25) is 0 Å². The van der Waals surface area contributed by atoms with Crippen LogP contribution in [-0.2, 0) is 4.74 Å². The Bertz CT molecular complexity index is 544. The van der Waals surface area contributed by atoms with Crippen molar-refractivity contribution in [1.82, 2.24) is 0 Å². The normalized spacial score (nSPS) is 23.3. The van der Waals surface area contributed by atoms with Crippen LogP contribution in [0.15, 0.2) is 47.3 Å². The van der Waals surface area contributed by atoms with Crippen LogP contribution in [0.2, 0.25) is 0 Å². The fraction of sp³-hybridized carbons (Fsp3) is 0.500. The maximum Gasteiger partial charge on any atom is 0.0993 e. The molecule has 0 heterocycles. The number of methoxy groups -OCH3 is 1. The van der Waals surface area contributed by atoms with Crippen LogP contribution < -0.4 is 0 Å². The SMILES string of the molecule is COC1=CC=CC(C#C/C=C2\CCCCCC2(C)C)=CC1. The molecule has 0 amide bonds. The molecular weight excluding hydrogens is 256 g/mol. The van der Waals surface area contributed by atoms with Gasteiger partial charge >= 0.3 is 0 Å². The highest BCUT2D eigenvalue weighted by molar-refractivity contribution is 5.44. The molecule has 1 saturated carbocycles. The largest absolute Gasteiger partial charge is 0.501 e. The van der Waals surface area contributed by atoms with Gasteiger partial charge in [0.05, 0.1) is 12.9 Å². The Balaban J connectivity index is 2.09. The van der Waals surface area contributed by atoms with Crippen molar-refractivity contribution in [2.75, 3.05) is 7.11 Å². The zero-order valence-electron chi connectivity index (χ0n) is 13.5. The van der Waals surface area contributed by atoms with Gasteiger partial charge in [0, 0.05) is 12.0 Å². The average molecular weight is 282 g/mol. The molecule has 0 saturated heterocycles. The number of ether oxygens (including phenoxy) is 1. The first-order chi connectivity index (χ1) is 10.1. The lowest BCUT2D eigenvalue weighted by Gasteiger charge is -2.25. The molecule has 0 radical (unpaired) electrons. The summed E-state index contributed by atoms with van der Waals surface area (Å²) >= 11 is 0. The summed E-state index contributed by atoms with van der Waals surface area (Å²) < 4.78 is 5.27. The van der Waals surface area contributed by atoms with E-state index in [9.17, 15) is 0 Å². The molecule has 112 valence electrons. The van der Waals surface area contributed by atoms with Crippen LogP contribution in [0.4, 0.5) is 0 Å². The standard InChI is InChI=1S/C20H26O/c1-20(2)16-6-4-5-11-18(20)12-7-9-17-10-8-13-19(21-3)15-14-17/h8,10,12-14H,4-6,11,15-16H2,1-3H3/b18-12+. The molecule has 0 unspecified atom stereocenters. The third kappa shape index (κ3) is 4.67. The summed E-state index contributed by atoms with van der Waals surface area (Å²) in [5.74, 6) is 7.52. The molecule has 0 aromatic heterocycles. The van der Waals surface area contributed by atoms with Gasteiger partial charge in [-0.25, -0.2) is 0 Å². The van der Waals surface area contributed by atoms with Crippen molar-refractivity contribution in [2.24, 2.45) is 5.41 Å². The van der Waals surface area contributed by atoms with E-state index in [-0.39, 0.29) is 0 Å². The number of hydrogen-bond acceptors (Lipinski definition) is 1. The lowest BCUT2D eigenvalue weighted by molar-refractivity contribution is 0.285. The number of hydrogen-bond donors (Lipinski definition) is 0. The highest BCUT2D eigenvalue weighted by Crippen LogP contribution is 2.38. The lowest BCUT2D eigenvalue weighted by Crippen LogP contribution is -2.12. The highest BCUT2D eigenvalue weighted by Gasteiger charge is 2.24. The van der Waals surface area contributed by atoms with Crippen molar-refractivity contribution in [3.63, 3.8) is 0 Å². The zero-order chi connectivity index (χ0) is 15.1. The second-order valence-electron chi connectivity index (χ2n) is 6.44. The Labute approximate surface area is 129 Å². The maximum absolute atomic E-state index is 5.27. The van der Waals surface area contributed by atoms with Gasteiger partial charge in [0.2, 0.25) is 0 Å². The molecule has 0 spiro atoms. The van der Waals surface area contributed by atoms with Crippen molar-refractivity contribution in [3.8, 4) is 11.8 Å². The van der Waals surface area contributed by atoms with Crippen LogP contribution in [-0.4, -0.2) is 7.11 Å². The Morgan fingerprint density at radius 1 is 1.24 bits per heavy atom. The van der Waals surface area contributed by atoms with Crippen molar-refractivity contribution < 1.29 is 4.74 Å². The van der Waals surface area contributed by atoms with Gasteiger partial charge in [-0.1, -0.05) is 56.3 Å². The van der Waals surface area contributed by atoms with E-state index in [2.05, 4.69) is 43.9 Å². The fourth-order valence-corrected chi connectivity index (χ4v) is 2.88. The summed E-state index contributed by atoms with van der Waals surface area (Å²) in [4.78, 5) is 0. The van der Waals surface area contributed by atoms with Crippen molar-refractivity contribution in [2.45, 2.75) is 52.4 Å². The van der Waals surface area contributed by atoms with E-state index in [0.29, 0.717) is 5.41 Å². The van der Waals surface area contributed by atoms with Crippen LogP contribution in [0.3, 0.4) is 0 Å². The molecule has 1 nitrogen and oxygen atoms in total. The summed E-state index contributed by atoms with van der Waals surface area (Å²) in [5, 5.41) is 0. The van der Waals surface area contributed by atoms with E-state index in [4.69, 9.17) is 4.74 Å². The third-order valence-electron chi connectivity index (χ3n) is 4.42. The summed E-state index contributed by atoms with van der Waals surface area (Å²) in [6, 6.07) is 0. The van der Waals surface area contributed by atoms with Crippen molar-refractivity contribution >= 4 is 0 Å². The molecule has 21 heavy (non-hydrogen) atoms. The van der Waals surface area contributed by atoms with E-state index < -0.39 is 0 Å². The molecule has 2 aliphatic rings. The van der Waals surface area contributed by atoms with Gasteiger partial charge in [0.1, 0.15) is 0 Å². The first kappa shape index (κ1) is 15.7. The number of rotatable bonds is 1. The van der Waals surface area contributed by atoms with Gasteiger partial charge < -0.3 is 4.74 Å². The minimum atomic E-state index is 0.309. The van der Waals surface area contributed by atoms with Crippen LogP contribution in [0.5, 0.6) is 0 Å². The molecule has 0 atom stereocenters. The minimum absolute atomic E-state index is 0.309. The van der Waals surface area contributed by atoms with Gasteiger partial charge in [-0.15, -0.1) is 0 Å². The number of allylic oxidation sites excluding steroid dienone is 7. The Morgan fingerprint density at radius 3 is 2.90 bits per heavy atom. The molecule has 2 rings (SSSR count). The lowest BCUT2D eigenvalue weighted by atomic mass is 9.80. The summed E-state index contributed by atoms with van der Waals surface area (Å²) in [5.41, 5.74) is 2.90. The topological polar surface area (TPSA) is 9.23 Å². The van der Waals surface area contributed by atoms with E-state index in [1.807, 2.05) is 12.2 Å². The smallest absolute Gasteiger partial charge is 0.0993 e. The van der Waals surface area contributed by atoms with Crippen molar-refractivity contribution in [3.05, 3.63) is 47.3 Å². The monoisotopic (exact) mass is 282 g/mol. The minimum Gasteiger partial charge on any atom is -0.501 e. The first-order valence-electron chi connectivity index (χ1n) is 7.94. The van der Waals surface area contributed by atoms with Crippen LogP contribution >= 0.6 is 0 Å².